The third kappa shape index (κ3) is 2.91. The van der Waals surface area contributed by atoms with Gasteiger partial charge in [0.2, 0.25) is 0 Å². The number of pyridine rings is 1. The number of nitrogens with one attached hydrogen (secondary N) is 1. The number of para-hydroxylation sites is 1. The van der Waals surface area contributed by atoms with Gasteiger partial charge < -0.3 is 10.1 Å². The fraction of sp³-hybridized carbons (Fsp3) is 0.250. The van der Waals surface area contributed by atoms with Crippen LogP contribution in [0.25, 0.3) is 16.8 Å². The van der Waals surface area contributed by atoms with Gasteiger partial charge in [0, 0.05) is 36.0 Å². The molecule has 0 unspecified atom stereocenters. The molecule has 0 spiro atoms. The van der Waals surface area contributed by atoms with Crippen LogP contribution in [0.1, 0.15) is 17.0 Å². The Morgan fingerprint density at radius 1 is 1.11 bits per heavy atom. The van der Waals surface area contributed by atoms with Crippen molar-refractivity contribution in [2.75, 3.05) is 12.4 Å². The van der Waals surface area contributed by atoms with Crippen molar-refractivity contribution < 1.29 is 4.74 Å². The number of fused-ring (bicyclic) bond motifs is 1. The van der Waals surface area contributed by atoms with Gasteiger partial charge in [0.05, 0.1) is 12.8 Å². The lowest BCUT2D eigenvalue weighted by Crippen LogP contribution is -2.05. The van der Waals surface area contributed by atoms with E-state index in [1.165, 1.54) is 0 Å². The Morgan fingerprint density at radius 3 is 2.67 bits per heavy atom. The highest BCUT2D eigenvalue weighted by Crippen LogP contribution is 2.31. The van der Waals surface area contributed by atoms with Crippen molar-refractivity contribution in [2.45, 2.75) is 20.4 Å². The molecule has 4 rings (SSSR count). The number of anilines is 1. The molecule has 1 N–H and O–H groups in total. The first-order chi connectivity index (χ1) is 13.1. The standard InChI is InChI=1S/C20H22N6O/c1-13-19(14(2)25(3)24-13)16-9-10-18(26-12-22-23-20(16)26)21-11-15-7-5-6-8-17(15)27-4/h5-10,12,21H,11H2,1-4H3. The number of rotatable bonds is 5. The second-order valence-corrected chi connectivity index (χ2v) is 6.49. The summed E-state index contributed by atoms with van der Waals surface area (Å²) in [5.74, 6) is 1.78. The fourth-order valence-corrected chi connectivity index (χ4v) is 3.45. The monoisotopic (exact) mass is 362 g/mol. The molecule has 1 aromatic carbocycles. The highest BCUT2D eigenvalue weighted by molar-refractivity contribution is 5.81. The number of benzene rings is 1. The minimum Gasteiger partial charge on any atom is -0.496 e. The number of ether oxygens (including phenoxy) is 1. The first-order valence-corrected chi connectivity index (χ1v) is 8.79. The van der Waals surface area contributed by atoms with Crippen LogP contribution in [0.5, 0.6) is 5.75 Å². The van der Waals surface area contributed by atoms with E-state index in [4.69, 9.17) is 4.74 Å². The Hall–Kier alpha value is -3.35. The highest BCUT2D eigenvalue weighted by atomic mass is 16.5. The fourth-order valence-electron chi connectivity index (χ4n) is 3.45. The van der Waals surface area contributed by atoms with Crippen molar-refractivity contribution >= 4 is 11.5 Å². The maximum Gasteiger partial charge on any atom is 0.170 e. The second-order valence-electron chi connectivity index (χ2n) is 6.49. The molecule has 0 bridgehead atoms. The maximum absolute atomic E-state index is 5.43. The summed E-state index contributed by atoms with van der Waals surface area (Å²) in [6.07, 6.45) is 1.73. The summed E-state index contributed by atoms with van der Waals surface area (Å²) in [5.41, 5.74) is 6.11. The molecule has 0 radical (unpaired) electrons. The number of aryl methyl sites for hydroxylation is 2. The third-order valence-corrected chi connectivity index (χ3v) is 4.89. The zero-order chi connectivity index (χ0) is 19.0. The molecule has 3 heterocycles. The maximum atomic E-state index is 5.43. The Kier molecular flexibility index (Phi) is 4.27. The van der Waals surface area contributed by atoms with Crippen molar-refractivity contribution in [3.05, 3.63) is 59.7 Å². The smallest absolute Gasteiger partial charge is 0.170 e. The molecule has 27 heavy (non-hydrogen) atoms. The molecule has 7 nitrogen and oxygen atoms in total. The van der Waals surface area contributed by atoms with Crippen LogP contribution in [0.4, 0.5) is 5.82 Å². The van der Waals surface area contributed by atoms with E-state index in [0.717, 1.165) is 45.3 Å². The lowest BCUT2D eigenvalue weighted by atomic mass is 10.1. The Bertz CT molecular complexity index is 1110. The topological polar surface area (TPSA) is 69.3 Å². The molecule has 3 aromatic heterocycles. The van der Waals surface area contributed by atoms with Crippen LogP contribution in [0.3, 0.4) is 0 Å². The van der Waals surface area contributed by atoms with Gasteiger partial charge in [-0.1, -0.05) is 18.2 Å². The van der Waals surface area contributed by atoms with E-state index in [1.807, 2.05) is 53.4 Å². The quantitative estimate of drug-likeness (QED) is 0.589. The van der Waals surface area contributed by atoms with Gasteiger partial charge in [-0.25, -0.2) is 0 Å². The molecule has 0 saturated carbocycles. The van der Waals surface area contributed by atoms with E-state index >= 15 is 0 Å². The average molecular weight is 362 g/mol. The van der Waals surface area contributed by atoms with Crippen LogP contribution in [0.15, 0.2) is 42.7 Å². The minimum absolute atomic E-state index is 0.640. The normalized spacial score (nSPS) is 11.1. The number of aromatic nitrogens is 5. The van der Waals surface area contributed by atoms with Crippen molar-refractivity contribution in [3.63, 3.8) is 0 Å². The Balaban J connectivity index is 1.72. The Labute approximate surface area is 157 Å². The molecule has 0 aliphatic rings. The minimum atomic E-state index is 0.640. The summed E-state index contributed by atoms with van der Waals surface area (Å²) >= 11 is 0. The Morgan fingerprint density at radius 2 is 1.93 bits per heavy atom. The predicted molar refractivity (Wildman–Crippen MR) is 105 cm³/mol. The zero-order valence-corrected chi connectivity index (χ0v) is 15.9. The lowest BCUT2D eigenvalue weighted by molar-refractivity contribution is 0.410. The van der Waals surface area contributed by atoms with Gasteiger partial charge in [0.25, 0.3) is 0 Å². The molecule has 7 heteroatoms. The van der Waals surface area contributed by atoms with Crippen molar-refractivity contribution in [2.24, 2.45) is 7.05 Å². The van der Waals surface area contributed by atoms with Gasteiger partial charge in [-0.2, -0.15) is 5.10 Å². The van der Waals surface area contributed by atoms with Gasteiger partial charge in [0.1, 0.15) is 17.9 Å². The summed E-state index contributed by atoms with van der Waals surface area (Å²) in [7, 11) is 3.64. The van der Waals surface area contributed by atoms with Gasteiger partial charge in [-0.05, 0) is 32.0 Å². The molecule has 0 atom stereocenters. The summed E-state index contributed by atoms with van der Waals surface area (Å²) in [6.45, 7) is 4.72. The van der Waals surface area contributed by atoms with Crippen LogP contribution >= 0.6 is 0 Å². The van der Waals surface area contributed by atoms with Crippen molar-refractivity contribution in [3.8, 4) is 16.9 Å². The summed E-state index contributed by atoms with van der Waals surface area (Å²) in [6, 6.07) is 12.1. The van der Waals surface area contributed by atoms with E-state index in [9.17, 15) is 0 Å². The molecule has 0 aliphatic heterocycles. The first kappa shape index (κ1) is 17.1. The van der Waals surface area contributed by atoms with E-state index in [2.05, 4.69) is 33.6 Å². The average Bonchev–Trinajstić information content (AvgIpc) is 3.26. The zero-order valence-electron chi connectivity index (χ0n) is 15.9. The number of methoxy groups -OCH3 is 1. The summed E-state index contributed by atoms with van der Waals surface area (Å²) in [5, 5.41) is 16.5. The summed E-state index contributed by atoms with van der Waals surface area (Å²) < 4.78 is 9.29. The summed E-state index contributed by atoms with van der Waals surface area (Å²) in [4.78, 5) is 0. The number of nitrogens with zero attached hydrogens (tertiary/aromatic N) is 5. The van der Waals surface area contributed by atoms with Crippen LogP contribution in [0, 0.1) is 13.8 Å². The number of hydrogen-bond donors (Lipinski definition) is 1. The molecule has 0 amide bonds. The molecule has 0 saturated heterocycles. The van der Waals surface area contributed by atoms with Crippen LogP contribution in [0.2, 0.25) is 0 Å². The lowest BCUT2D eigenvalue weighted by Gasteiger charge is -2.13. The molecule has 138 valence electrons. The molecule has 0 fully saturated rings. The van der Waals surface area contributed by atoms with Crippen LogP contribution in [-0.4, -0.2) is 31.5 Å². The van der Waals surface area contributed by atoms with E-state index < -0.39 is 0 Å². The van der Waals surface area contributed by atoms with Gasteiger partial charge in [-0.3, -0.25) is 9.08 Å². The number of hydrogen-bond acceptors (Lipinski definition) is 5. The molecular weight excluding hydrogens is 340 g/mol. The SMILES string of the molecule is COc1ccccc1CNc1ccc(-c2c(C)nn(C)c2C)c2nncn12. The van der Waals surface area contributed by atoms with Crippen molar-refractivity contribution in [1.82, 2.24) is 24.4 Å². The third-order valence-electron chi connectivity index (χ3n) is 4.89. The van der Waals surface area contributed by atoms with E-state index in [0.29, 0.717) is 6.54 Å². The first-order valence-electron chi connectivity index (χ1n) is 8.79. The van der Waals surface area contributed by atoms with Crippen LogP contribution < -0.4 is 10.1 Å². The van der Waals surface area contributed by atoms with Crippen molar-refractivity contribution in [1.29, 1.82) is 0 Å². The van der Waals surface area contributed by atoms with E-state index in [-0.39, 0.29) is 0 Å². The molecule has 4 aromatic rings. The van der Waals surface area contributed by atoms with Gasteiger partial charge in [-0.15, -0.1) is 10.2 Å². The van der Waals surface area contributed by atoms with Gasteiger partial charge in [0.15, 0.2) is 5.65 Å². The second kappa shape index (κ2) is 6.75. The van der Waals surface area contributed by atoms with Crippen LogP contribution in [-0.2, 0) is 13.6 Å². The van der Waals surface area contributed by atoms with E-state index in [1.54, 1.807) is 13.4 Å². The largest absolute Gasteiger partial charge is 0.496 e. The molecule has 0 aliphatic carbocycles. The predicted octanol–water partition coefficient (Wildman–Crippen LogP) is 3.37. The highest BCUT2D eigenvalue weighted by Gasteiger charge is 2.17. The molecular formula is C20H22N6O. The van der Waals surface area contributed by atoms with Gasteiger partial charge >= 0.3 is 0 Å².